The molecule has 4 rings (SSSR count). The number of sulfonamides is 1. The molecule has 0 radical (unpaired) electrons. The molecule has 2 aliphatic heterocycles. The largest absolute Gasteiger partial charge is 0.387 e. The average Bonchev–Trinajstić information content (AvgIpc) is 3.11. The second-order valence-electron chi connectivity index (χ2n) is 8.07. The minimum atomic E-state index is -3.24. The maximum absolute atomic E-state index is 11.7. The molecule has 0 amide bonds. The van der Waals surface area contributed by atoms with Crippen molar-refractivity contribution in [3.05, 3.63) is 17.3 Å². The van der Waals surface area contributed by atoms with Crippen LogP contribution < -0.4 is 4.90 Å². The van der Waals surface area contributed by atoms with Gasteiger partial charge in [0.25, 0.3) is 0 Å². The van der Waals surface area contributed by atoms with Crippen molar-refractivity contribution >= 4 is 15.8 Å². The van der Waals surface area contributed by atoms with Crippen molar-refractivity contribution in [2.45, 2.75) is 37.3 Å². The van der Waals surface area contributed by atoms with Crippen molar-refractivity contribution in [2.75, 3.05) is 50.9 Å². The molecule has 2 saturated heterocycles. The number of hydrogen-bond acceptors (Lipinski definition) is 7. The molecule has 1 N–H and O–H groups in total. The summed E-state index contributed by atoms with van der Waals surface area (Å²) >= 11 is 0. The number of rotatable bonds is 5. The maximum Gasteiger partial charge on any atom is 0.211 e. The number of nitrogens with zero attached hydrogens (tertiary/aromatic N) is 5. The van der Waals surface area contributed by atoms with Crippen molar-refractivity contribution in [3.63, 3.8) is 0 Å². The third-order valence-electron chi connectivity index (χ3n) is 5.93. The Morgan fingerprint density at radius 3 is 2.81 bits per heavy atom. The molecule has 1 unspecified atom stereocenters. The van der Waals surface area contributed by atoms with Gasteiger partial charge in [-0.25, -0.2) is 8.42 Å². The number of β-amino-alcohol motifs (C(OH)–C–C–N with tert-alkyl or cyclic N) is 1. The summed E-state index contributed by atoms with van der Waals surface area (Å²) in [5.74, 6) is 0.943. The standard InChI is InChI=1S/C17H27N5O3S/c1-20(11-17(23)6-7-22(12-17)26(2,24)25)14-9-21(10-14)16-8-13-4-3-5-15(13)18-19-16/h8,14,23H,3-7,9-12H2,1-2H3. The summed E-state index contributed by atoms with van der Waals surface area (Å²) < 4.78 is 24.7. The van der Waals surface area contributed by atoms with Crippen molar-refractivity contribution in [1.29, 1.82) is 0 Å². The first kappa shape index (κ1) is 18.1. The van der Waals surface area contributed by atoms with Crippen LogP contribution in [0.4, 0.5) is 5.82 Å². The molecule has 1 aliphatic carbocycles. The molecule has 2 fully saturated rings. The van der Waals surface area contributed by atoms with Gasteiger partial charge in [0.1, 0.15) is 0 Å². The third kappa shape index (κ3) is 3.45. The lowest BCUT2D eigenvalue weighted by molar-refractivity contribution is 0.00864. The van der Waals surface area contributed by atoms with Gasteiger partial charge in [-0.05, 0) is 44.4 Å². The summed E-state index contributed by atoms with van der Waals surface area (Å²) in [4.78, 5) is 4.36. The second kappa shape index (κ2) is 6.40. The molecule has 1 aromatic rings. The molecule has 9 heteroatoms. The van der Waals surface area contributed by atoms with E-state index in [0.29, 0.717) is 25.6 Å². The fourth-order valence-electron chi connectivity index (χ4n) is 4.22. The quantitative estimate of drug-likeness (QED) is 0.734. The van der Waals surface area contributed by atoms with Crippen LogP contribution in [0, 0.1) is 0 Å². The predicted molar refractivity (Wildman–Crippen MR) is 98.7 cm³/mol. The van der Waals surface area contributed by atoms with E-state index < -0.39 is 15.6 Å². The Bertz CT molecular complexity index is 796. The first-order valence-corrected chi connectivity index (χ1v) is 11.1. The van der Waals surface area contributed by atoms with Gasteiger partial charge < -0.3 is 10.0 Å². The van der Waals surface area contributed by atoms with Gasteiger partial charge in [-0.3, -0.25) is 4.90 Å². The predicted octanol–water partition coefficient (Wildman–Crippen LogP) is -0.518. The summed E-state index contributed by atoms with van der Waals surface area (Å²) in [7, 11) is -1.24. The first-order chi connectivity index (χ1) is 12.2. The summed E-state index contributed by atoms with van der Waals surface area (Å²) in [6.07, 6.45) is 4.99. The molecule has 0 aromatic carbocycles. The van der Waals surface area contributed by atoms with E-state index in [1.165, 1.54) is 22.5 Å². The van der Waals surface area contributed by atoms with E-state index in [2.05, 4.69) is 26.1 Å². The normalized spacial score (nSPS) is 27.2. The molecule has 1 aromatic heterocycles. The van der Waals surface area contributed by atoms with Gasteiger partial charge in [0.2, 0.25) is 10.0 Å². The molecule has 0 bridgehead atoms. The van der Waals surface area contributed by atoms with Crippen molar-refractivity contribution in [3.8, 4) is 0 Å². The van der Waals surface area contributed by atoms with E-state index in [1.54, 1.807) is 0 Å². The van der Waals surface area contributed by atoms with Crippen molar-refractivity contribution in [2.24, 2.45) is 0 Å². The zero-order valence-electron chi connectivity index (χ0n) is 15.4. The molecule has 144 valence electrons. The SMILES string of the molecule is CN(CC1(O)CCN(S(C)(=O)=O)C1)C1CN(c2cc3c(nn2)CCC3)C1. The average molecular weight is 382 g/mol. The highest BCUT2D eigenvalue weighted by molar-refractivity contribution is 7.88. The zero-order chi connectivity index (χ0) is 18.5. The van der Waals surface area contributed by atoms with Crippen LogP contribution in [0.5, 0.6) is 0 Å². The van der Waals surface area contributed by atoms with Gasteiger partial charge in [-0.15, -0.1) is 5.10 Å². The Kier molecular flexibility index (Phi) is 4.45. The first-order valence-electron chi connectivity index (χ1n) is 9.22. The molecule has 8 nitrogen and oxygen atoms in total. The van der Waals surface area contributed by atoms with Crippen LogP contribution in [0.1, 0.15) is 24.1 Å². The molecule has 26 heavy (non-hydrogen) atoms. The number of likely N-dealkylation sites (N-methyl/N-ethyl adjacent to an activating group) is 1. The summed E-state index contributed by atoms with van der Waals surface area (Å²) in [5.41, 5.74) is 1.50. The molecular weight excluding hydrogens is 354 g/mol. The molecular formula is C17H27N5O3S. The lowest BCUT2D eigenvalue weighted by atomic mass is 10.00. The fourth-order valence-corrected chi connectivity index (χ4v) is 5.12. The van der Waals surface area contributed by atoms with Crippen LogP contribution in [0.25, 0.3) is 0 Å². The molecule has 3 heterocycles. The highest BCUT2D eigenvalue weighted by Crippen LogP contribution is 2.29. The van der Waals surface area contributed by atoms with E-state index in [0.717, 1.165) is 37.4 Å². The Labute approximate surface area is 154 Å². The fraction of sp³-hybridized carbons (Fsp3) is 0.765. The van der Waals surface area contributed by atoms with Crippen LogP contribution >= 0.6 is 0 Å². The van der Waals surface area contributed by atoms with Crippen molar-refractivity contribution < 1.29 is 13.5 Å². The van der Waals surface area contributed by atoms with Crippen LogP contribution in [-0.4, -0.2) is 90.6 Å². The number of aryl methyl sites for hydroxylation is 2. The molecule has 1 atom stereocenters. The van der Waals surface area contributed by atoms with E-state index in [4.69, 9.17) is 0 Å². The number of anilines is 1. The Morgan fingerprint density at radius 2 is 2.12 bits per heavy atom. The second-order valence-corrected chi connectivity index (χ2v) is 10.1. The minimum absolute atomic E-state index is 0.183. The van der Waals surface area contributed by atoms with Gasteiger partial charge in [-0.1, -0.05) is 0 Å². The van der Waals surface area contributed by atoms with E-state index in [1.807, 2.05) is 7.05 Å². The van der Waals surface area contributed by atoms with Gasteiger partial charge in [0, 0.05) is 38.8 Å². The topological polar surface area (TPSA) is 89.9 Å². The number of aliphatic hydroxyl groups is 1. The van der Waals surface area contributed by atoms with Gasteiger partial charge in [0.05, 0.1) is 17.6 Å². The van der Waals surface area contributed by atoms with Gasteiger partial charge in [-0.2, -0.15) is 9.40 Å². The smallest absolute Gasteiger partial charge is 0.211 e. The highest BCUT2D eigenvalue weighted by atomic mass is 32.2. The minimum Gasteiger partial charge on any atom is -0.387 e. The highest BCUT2D eigenvalue weighted by Gasteiger charge is 2.42. The maximum atomic E-state index is 11.7. The molecule has 0 spiro atoms. The van der Waals surface area contributed by atoms with Gasteiger partial charge in [0.15, 0.2) is 5.82 Å². The summed E-state index contributed by atoms with van der Waals surface area (Å²) in [6.45, 7) is 2.77. The summed E-state index contributed by atoms with van der Waals surface area (Å²) in [5, 5.41) is 19.5. The van der Waals surface area contributed by atoms with Crippen LogP contribution in [0.2, 0.25) is 0 Å². The number of aromatic nitrogens is 2. The Morgan fingerprint density at radius 1 is 1.35 bits per heavy atom. The molecule has 0 saturated carbocycles. The van der Waals surface area contributed by atoms with E-state index in [9.17, 15) is 13.5 Å². The summed E-state index contributed by atoms with van der Waals surface area (Å²) in [6, 6.07) is 2.50. The Balaban J connectivity index is 1.32. The van der Waals surface area contributed by atoms with E-state index >= 15 is 0 Å². The van der Waals surface area contributed by atoms with Gasteiger partial charge >= 0.3 is 0 Å². The number of hydrogen-bond donors (Lipinski definition) is 1. The lowest BCUT2D eigenvalue weighted by Crippen LogP contribution is -2.61. The Hall–Kier alpha value is -1.29. The van der Waals surface area contributed by atoms with E-state index in [-0.39, 0.29) is 6.54 Å². The third-order valence-corrected chi connectivity index (χ3v) is 7.18. The van der Waals surface area contributed by atoms with Crippen LogP contribution in [0.3, 0.4) is 0 Å². The zero-order valence-corrected chi connectivity index (χ0v) is 16.2. The lowest BCUT2D eigenvalue weighted by Gasteiger charge is -2.46. The van der Waals surface area contributed by atoms with Crippen LogP contribution in [-0.2, 0) is 22.9 Å². The number of fused-ring (bicyclic) bond motifs is 1. The molecule has 3 aliphatic rings. The van der Waals surface area contributed by atoms with Crippen molar-refractivity contribution in [1.82, 2.24) is 19.4 Å². The monoisotopic (exact) mass is 381 g/mol. The van der Waals surface area contributed by atoms with Crippen LogP contribution in [0.15, 0.2) is 6.07 Å².